The quantitative estimate of drug-likeness (QED) is 0.186. The molecule has 3 aliphatic heterocycles. The van der Waals surface area contributed by atoms with Crippen LogP contribution in [0.25, 0.3) is 72.6 Å². The van der Waals surface area contributed by atoms with Crippen LogP contribution in [0.1, 0.15) is 128 Å². The van der Waals surface area contributed by atoms with Gasteiger partial charge in [-0.3, -0.25) is 9.59 Å². The predicted octanol–water partition coefficient (Wildman–Crippen LogP) is 19.9. The summed E-state index contributed by atoms with van der Waals surface area (Å²) in [7, 11) is 0. The second-order valence-corrected chi connectivity index (χ2v) is 30.2. The number of thiophene rings is 1. The minimum absolute atomic E-state index is 0.108. The van der Waals surface area contributed by atoms with Crippen molar-refractivity contribution in [3.8, 4) is 44.3 Å². The molecule has 0 bridgehead atoms. The van der Waals surface area contributed by atoms with E-state index in [0.29, 0.717) is 0 Å². The maximum Gasteiger partial charge on any atom is 0.186 e. The van der Waals surface area contributed by atoms with Crippen molar-refractivity contribution in [3.05, 3.63) is 284 Å². The number of hydrogen-bond donors (Lipinski definition) is 1. The van der Waals surface area contributed by atoms with Gasteiger partial charge >= 0.3 is 0 Å². The molecule has 2 aromatic heterocycles. The minimum Gasteiger partial charge on any atom is -0.359 e. The maximum absolute atomic E-state index is 15.0. The zero-order chi connectivity index (χ0) is 61.9. The summed E-state index contributed by atoms with van der Waals surface area (Å²) in [4.78, 5) is 40.8. The normalized spacial score (nSPS) is 19.3. The fourth-order valence-corrected chi connectivity index (χ4v) is 16.3. The van der Waals surface area contributed by atoms with Crippen LogP contribution in [-0.4, -0.2) is 26.0 Å². The molecule has 6 nitrogen and oxygen atoms in total. The van der Waals surface area contributed by atoms with Gasteiger partial charge in [-0.25, -0.2) is 4.98 Å². The van der Waals surface area contributed by atoms with Crippen molar-refractivity contribution in [2.24, 2.45) is 21.7 Å². The summed E-state index contributed by atoms with van der Waals surface area (Å²) >= 11 is 1.84. The zero-order valence-electron chi connectivity index (χ0n) is 52.9. The van der Waals surface area contributed by atoms with Gasteiger partial charge in [-0.1, -0.05) is 271 Å². The lowest BCUT2D eigenvalue weighted by molar-refractivity contribution is -0.115. The van der Waals surface area contributed by atoms with E-state index in [-0.39, 0.29) is 17.7 Å². The second-order valence-electron chi connectivity index (χ2n) is 29.1. The molecule has 2 unspecified atom stereocenters. The van der Waals surface area contributed by atoms with Gasteiger partial charge in [-0.15, -0.1) is 11.3 Å². The number of fused-ring (bicyclic) bond motifs is 14. The van der Waals surface area contributed by atoms with Crippen LogP contribution in [0.4, 0.5) is 0 Å². The van der Waals surface area contributed by atoms with Gasteiger partial charge < -0.3 is 14.8 Å². The van der Waals surface area contributed by atoms with Crippen LogP contribution in [0, 0.1) is 21.7 Å². The monoisotopic (exact) mass is 1180 g/mol. The van der Waals surface area contributed by atoms with Crippen molar-refractivity contribution in [3.63, 3.8) is 0 Å². The Labute approximate surface area is 527 Å². The Balaban J connectivity index is 0.982. The molecule has 0 amide bonds. The van der Waals surface area contributed by atoms with E-state index in [4.69, 9.17) is 4.98 Å². The molecule has 0 saturated carbocycles. The van der Waals surface area contributed by atoms with Gasteiger partial charge in [0.15, 0.2) is 11.6 Å². The molecule has 440 valence electrons. The summed E-state index contributed by atoms with van der Waals surface area (Å²) in [5.74, 6) is 1.11. The van der Waals surface area contributed by atoms with E-state index in [1.165, 1.54) is 26.4 Å². The van der Waals surface area contributed by atoms with Crippen LogP contribution in [0.2, 0.25) is 0 Å². The van der Waals surface area contributed by atoms with E-state index in [1.807, 2.05) is 11.3 Å². The van der Waals surface area contributed by atoms with E-state index < -0.39 is 32.7 Å². The summed E-state index contributed by atoms with van der Waals surface area (Å²) in [5.41, 5.74) is 17.0. The van der Waals surface area contributed by atoms with Gasteiger partial charge in [-0.2, -0.15) is 0 Å². The van der Waals surface area contributed by atoms with Crippen molar-refractivity contribution in [2.75, 3.05) is 0 Å². The number of imidazole rings is 1. The number of aromatic nitrogens is 2. The number of nitrogens with one attached hydrogen (secondary N) is 1. The fourth-order valence-electron chi connectivity index (χ4n) is 15.0. The Morgan fingerprint density at radius 3 is 1.69 bits per heavy atom. The average molecular weight is 1180 g/mol. The van der Waals surface area contributed by atoms with Crippen LogP contribution in [0.15, 0.2) is 246 Å². The Morgan fingerprint density at radius 2 is 1.07 bits per heavy atom. The molecule has 0 fully saturated rings. The number of carbonyl (C=O) groups is 2. The summed E-state index contributed by atoms with van der Waals surface area (Å²) < 4.78 is 2.57. The third-order valence-corrected chi connectivity index (χ3v) is 20.5. The number of rotatable bonds is 5. The van der Waals surface area contributed by atoms with Crippen molar-refractivity contribution >= 4 is 51.1 Å². The molecule has 2 spiro atoms. The van der Waals surface area contributed by atoms with E-state index in [2.05, 4.69) is 316 Å². The van der Waals surface area contributed by atoms with Gasteiger partial charge in [-0.05, 0) is 96.2 Å². The van der Waals surface area contributed by atoms with Crippen molar-refractivity contribution < 1.29 is 9.59 Å². The molecule has 6 aliphatic rings. The summed E-state index contributed by atoms with van der Waals surface area (Å²) in [6.45, 7) is 26.0. The van der Waals surface area contributed by atoms with Gasteiger partial charge in [0.2, 0.25) is 0 Å². The molecule has 3 aliphatic carbocycles. The first-order chi connectivity index (χ1) is 42.5. The number of Topliss-reactive ketones (excluding diaryl/α,β-unsaturated/α-hetero) is 2. The lowest BCUT2D eigenvalue weighted by atomic mass is 9.66. The molecule has 0 radical (unpaired) electrons. The van der Waals surface area contributed by atoms with Crippen molar-refractivity contribution in [1.29, 1.82) is 0 Å². The SMILES string of the molecule is CC(C)(C)C1=CC(=C2C=Cc3ccccc3C23c2c(ccc4ccccc24)-c2nc(-c4ccc(C5=C(c6ccccc6)N6C(N5)c5cc(-c7ccccc7)sc5C65C=C(C(C)(C)C)C(=O)C(C(C)(C)C)=C5)cc4)c(-c4ccccc4)n23)C=C(C(C)(C)C)C1=O. The first kappa shape index (κ1) is 56.3. The lowest BCUT2D eigenvalue weighted by Crippen LogP contribution is -2.43. The number of hydrogen-bond acceptors (Lipinski definition) is 6. The molecule has 9 aromatic rings. The Kier molecular flexibility index (Phi) is 12.4. The molecule has 0 saturated heterocycles. The molecule has 7 aromatic carbocycles. The molecular weight excluding hydrogens is 1100 g/mol. The first-order valence-electron chi connectivity index (χ1n) is 31.4. The van der Waals surface area contributed by atoms with E-state index >= 15 is 0 Å². The second kappa shape index (κ2) is 19.7. The Hall–Kier alpha value is -9.17. The van der Waals surface area contributed by atoms with Crippen LogP contribution < -0.4 is 5.32 Å². The maximum atomic E-state index is 15.0. The first-order valence-corrected chi connectivity index (χ1v) is 32.2. The third kappa shape index (κ3) is 8.44. The van der Waals surface area contributed by atoms with E-state index in [0.717, 1.165) is 112 Å². The lowest BCUT2D eigenvalue weighted by Gasteiger charge is -2.43. The molecular formula is C82H74N4O2S. The summed E-state index contributed by atoms with van der Waals surface area (Å²) in [6, 6.07) is 66.0. The number of allylic oxidation sites excluding steroid dienone is 9. The number of benzene rings is 7. The highest BCUT2D eigenvalue weighted by atomic mass is 32.1. The number of nitrogens with zero attached hydrogens (tertiary/aromatic N) is 3. The van der Waals surface area contributed by atoms with Gasteiger partial charge in [0.1, 0.15) is 23.1 Å². The molecule has 89 heavy (non-hydrogen) atoms. The number of carbonyl (C=O) groups excluding carboxylic acids is 2. The smallest absolute Gasteiger partial charge is 0.186 e. The van der Waals surface area contributed by atoms with E-state index in [9.17, 15) is 9.59 Å². The van der Waals surface area contributed by atoms with Crippen LogP contribution in [0.3, 0.4) is 0 Å². The largest absolute Gasteiger partial charge is 0.359 e. The average Bonchev–Trinajstić information content (AvgIpc) is 1.53. The third-order valence-electron chi connectivity index (χ3n) is 19.2. The molecule has 15 rings (SSSR count). The summed E-state index contributed by atoms with van der Waals surface area (Å²) in [5, 5.41) is 6.51. The summed E-state index contributed by atoms with van der Waals surface area (Å²) in [6.07, 6.45) is 13.4. The highest BCUT2D eigenvalue weighted by Gasteiger charge is 2.58. The van der Waals surface area contributed by atoms with E-state index in [1.54, 1.807) is 0 Å². The van der Waals surface area contributed by atoms with Crippen LogP contribution >= 0.6 is 11.3 Å². The van der Waals surface area contributed by atoms with Crippen LogP contribution in [0.5, 0.6) is 0 Å². The molecule has 2 atom stereocenters. The van der Waals surface area contributed by atoms with Gasteiger partial charge in [0, 0.05) is 65.4 Å². The predicted molar refractivity (Wildman–Crippen MR) is 367 cm³/mol. The topological polar surface area (TPSA) is 67.2 Å². The highest BCUT2D eigenvalue weighted by Crippen LogP contribution is 2.64. The molecule has 5 heterocycles. The standard InChI is InChI=1S/C82H74N4O2S/c1-77(2,3)62-44-56(45-63(72(62)87)78(4,5)6)61-43-41-50-27-23-25-35-60(50)82(61)67-57-34-24-22-26-49(57)40-42-58(67)75-83-69(71(86(75)82)55-32-20-15-21-33-55)53-38-36-52(37-39-53)68-70(54-30-18-14-19-31-54)85-76(84-68)59-46-66(51-28-16-13-17-29-51)89-74(59)81(85)47-64(79(7,8)9)73(88)65(48-81)80(10,11)12/h13-48,76,84H,1-12H3. The van der Waals surface area contributed by atoms with Gasteiger partial charge in [0.05, 0.1) is 22.8 Å². The number of ketones is 2. The Morgan fingerprint density at radius 1 is 0.528 bits per heavy atom. The van der Waals surface area contributed by atoms with Gasteiger partial charge in [0.25, 0.3) is 0 Å². The van der Waals surface area contributed by atoms with Crippen molar-refractivity contribution in [2.45, 2.75) is 100 Å². The zero-order valence-corrected chi connectivity index (χ0v) is 53.7. The van der Waals surface area contributed by atoms with Crippen molar-refractivity contribution in [1.82, 2.24) is 19.8 Å². The fraction of sp³-hybridized carbons (Fsp3) is 0.232. The molecule has 7 heteroatoms. The Bertz CT molecular complexity index is 4670. The molecule has 1 N–H and O–H groups in total. The minimum atomic E-state index is -0.958. The van der Waals surface area contributed by atoms with Crippen LogP contribution in [-0.2, 0) is 20.7 Å². The highest BCUT2D eigenvalue weighted by molar-refractivity contribution is 7.16.